The maximum Gasteiger partial charge on any atom is 0.351 e. The molecule has 30 heteroatoms. The van der Waals surface area contributed by atoms with E-state index in [2.05, 4.69) is 15.0 Å². The van der Waals surface area contributed by atoms with Crippen molar-refractivity contribution in [1.82, 2.24) is 28.7 Å². The molecule has 7 heterocycles. The van der Waals surface area contributed by atoms with E-state index < -0.39 is 114 Å². The minimum absolute atomic E-state index is 0.0320. The van der Waals surface area contributed by atoms with Crippen molar-refractivity contribution in [3.8, 4) is 0 Å². The van der Waals surface area contributed by atoms with Crippen molar-refractivity contribution in [2.24, 2.45) is 0 Å². The van der Waals surface area contributed by atoms with Crippen LogP contribution in [0.4, 0.5) is 17.5 Å². The van der Waals surface area contributed by atoms with E-state index in [9.17, 15) is 29.1 Å². The Balaban J connectivity index is 1.19. The lowest BCUT2D eigenvalue weighted by Crippen LogP contribution is -2.34. The van der Waals surface area contributed by atoms with Crippen LogP contribution >= 0.6 is 21.4 Å². The lowest BCUT2D eigenvalue weighted by atomic mass is 10.2. The van der Waals surface area contributed by atoms with Gasteiger partial charge in [0.05, 0.1) is 0 Å². The van der Waals surface area contributed by atoms with Crippen molar-refractivity contribution >= 4 is 75.6 Å². The van der Waals surface area contributed by atoms with Gasteiger partial charge in [-0.3, -0.25) is 13.7 Å². The molecule has 57 heavy (non-hydrogen) atoms. The van der Waals surface area contributed by atoms with Crippen molar-refractivity contribution in [2.45, 2.75) is 74.6 Å². The third-order valence-corrected chi connectivity index (χ3v) is 13.8. The first kappa shape index (κ1) is 43.0. The summed E-state index contributed by atoms with van der Waals surface area (Å²) in [7, 11) is -12.7. The Hall–Kier alpha value is -2.10. The minimum atomic E-state index is -4.22. The molecule has 12 atom stereocenters. The highest BCUT2D eigenvalue weighted by Crippen LogP contribution is 2.62. The number of nitrogens with zero attached hydrogens (tertiary/aromatic N) is 6. The lowest BCUT2D eigenvalue weighted by Gasteiger charge is -2.31. The Kier molecular flexibility index (Phi) is 12.9. The van der Waals surface area contributed by atoms with E-state index in [0.29, 0.717) is 0 Å². The van der Waals surface area contributed by atoms with Gasteiger partial charge in [0.1, 0.15) is 92.6 Å². The lowest BCUT2D eigenvalue weighted by molar-refractivity contribution is -0.0606. The summed E-state index contributed by atoms with van der Waals surface area (Å²) in [4.78, 5) is 83.2. The van der Waals surface area contributed by atoms with Crippen LogP contribution in [0, 0.1) is 0 Å². The van der Waals surface area contributed by atoms with Crippen LogP contribution in [-0.2, 0) is 78.1 Å². The molecule has 4 saturated heterocycles. The van der Waals surface area contributed by atoms with E-state index in [1.165, 1.54) is 36.8 Å². The minimum Gasteiger partial charge on any atom is -0.459 e. The van der Waals surface area contributed by atoms with Crippen LogP contribution in [0.5, 0.6) is 0 Å². The van der Waals surface area contributed by atoms with Crippen LogP contribution in [0.2, 0.25) is 0 Å². The van der Waals surface area contributed by atoms with Crippen LogP contribution in [0.25, 0.3) is 0 Å². The molecule has 0 radical (unpaired) electrons. The van der Waals surface area contributed by atoms with Crippen molar-refractivity contribution < 1.29 is 56.0 Å². The molecule has 3 aromatic rings. The molecule has 4 fully saturated rings. The molecule has 0 spiro atoms. The Labute approximate surface area is 339 Å². The van der Waals surface area contributed by atoms with Crippen LogP contribution in [0.3, 0.4) is 0 Å². The summed E-state index contributed by atoms with van der Waals surface area (Å²) < 4.78 is 56.4. The van der Waals surface area contributed by atoms with Crippen molar-refractivity contribution in [2.75, 3.05) is 37.0 Å². The monoisotopic (exact) mass is 915 g/mol. The molecular formula is C27H36N9O15P3S3. The van der Waals surface area contributed by atoms with Gasteiger partial charge in [-0.15, -0.1) is 0 Å². The fraction of sp³-hybridized carbons (Fsp3) is 0.556. The topological polar surface area (TPSA) is 326 Å². The second-order valence-electron chi connectivity index (χ2n) is 12.9. The summed E-state index contributed by atoms with van der Waals surface area (Å²) in [6.45, 7) is -1.52. The number of anilines is 3. The molecule has 9 N–H and O–H groups in total. The quantitative estimate of drug-likeness (QED) is 0.139. The molecule has 0 aliphatic carbocycles. The molecule has 0 bridgehead atoms. The van der Waals surface area contributed by atoms with E-state index in [-0.39, 0.29) is 36.7 Å². The standard InChI is InChI=1S/C27H36N9O15P3S3/c28-19-1-4-34(25(37)31-19)22-7-13-16(46-22)10-43-53(41,56)50-14-8-23(35-5-2-20(29)32-26(35)38)48-18(14)12-45-54(42,57)51-15-9-24(36-6-3-21(30)33-27(36)39)47-17(15)11-44-52(40,55)49-13/h1-6,13-18,22-24H,7-12H2,(H,40,55)(H,41,56)(H,42,57)(H2,28,31,37)(H2,29,32,38)(H2,30,33,39)/t13-,14-,15-,16+,17+,18+,22+,23+,24+,52?,53?,54?/m0/s1. The van der Waals surface area contributed by atoms with Crippen molar-refractivity contribution in [3.63, 3.8) is 0 Å². The molecule has 3 unspecified atom stereocenters. The van der Waals surface area contributed by atoms with E-state index in [1.807, 2.05) is 0 Å². The Morgan fingerprint density at radius 3 is 1.04 bits per heavy atom. The van der Waals surface area contributed by atoms with E-state index in [1.54, 1.807) is 0 Å². The van der Waals surface area contributed by atoms with E-state index in [0.717, 1.165) is 13.7 Å². The molecule has 4 aliphatic heterocycles. The number of nitrogens with two attached hydrogens (primary N) is 3. The first-order valence-electron chi connectivity index (χ1n) is 16.8. The van der Waals surface area contributed by atoms with Gasteiger partial charge in [-0.1, -0.05) is 0 Å². The second-order valence-corrected chi connectivity index (χ2v) is 21.3. The summed E-state index contributed by atoms with van der Waals surface area (Å²) in [5.74, 6) is -0.0960. The highest BCUT2D eigenvalue weighted by Gasteiger charge is 2.51. The Bertz CT molecular complexity index is 1890. The average Bonchev–Trinajstić information content (AvgIpc) is 3.81. The van der Waals surface area contributed by atoms with E-state index >= 15 is 0 Å². The predicted octanol–water partition coefficient (Wildman–Crippen LogP) is -0.764. The van der Waals surface area contributed by atoms with Gasteiger partial charge in [0, 0.05) is 37.9 Å². The van der Waals surface area contributed by atoms with Gasteiger partial charge in [-0.2, -0.15) is 42.1 Å². The first-order chi connectivity index (χ1) is 26.8. The third-order valence-electron chi connectivity index (χ3n) is 9.04. The fourth-order valence-corrected chi connectivity index (χ4v) is 10.9. The molecule has 24 nitrogen and oxygen atoms in total. The number of nitrogen functional groups attached to an aromatic ring is 3. The highest BCUT2D eigenvalue weighted by atomic mass is 32.7. The largest absolute Gasteiger partial charge is 0.459 e. The van der Waals surface area contributed by atoms with Crippen molar-refractivity contribution in [3.05, 3.63) is 68.2 Å². The third kappa shape index (κ3) is 10.4. The summed E-state index contributed by atoms with van der Waals surface area (Å²) in [5.41, 5.74) is 14.7. The highest BCUT2D eigenvalue weighted by molar-refractivity contribution is 8.36. The van der Waals surface area contributed by atoms with E-state index in [4.69, 9.17) is 95.3 Å². The fourth-order valence-electron chi connectivity index (χ4n) is 6.44. The molecular weight excluding hydrogens is 879 g/mol. The molecule has 4 aliphatic rings. The zero-order chi connectivity index (χ0) is 40.9. The molecule has 0 saturated carbocycles. The molecule has 312 valence electrons. The maximum atomic E-state index is 12.7. The molecule has 0 amide bonds. The number of aromatic nitrogens is 6. The number of hydrogen-bond donors (Lipinski definition) is 6. The number of fused-ring (bicyclic) bond motifs is 3. The van der Waals surface area contributed by atoms with Crippen LogP contribution < -0.4 is 34.3 Å². The molecule has 7 rings (SSSR count). The van der Waals surface area contributed by atoms with Crippen molar-refractivity contribution in [1.29, 1.82) is 0 Å². The zero-order valence-corrected chi connectivity index (χ0v) is 34.3. The SMILES string of the molecule is Nc1ccn([C@H]2C[C@@H]3O[P+](O)([S-])OC[C@H]4O[C@@H](n5ccc(N)nc5=O)C[C@@H]4O[P+](O)([S-])OC[C@H]4O[C@@H](n5ccc(N)nc5=O)C[C@@H]4O[P+](O)([S-])OC[C@H]3O2)c(=O)n1. The predicted molar refractivity (Wildman–Crippen MR) is 206 cm³/mol. The van der Waals surface area contributed by atoms with Crippen LogP contribution in [0.1, 0.15) is 37.9 Å². The maximum absolute atomic E-state index is 12.7. The number of ether oxygens (including phenoxy) is 3. The zero-order valence-electron chi connectivity index (χ0n) is 29.1. The van der Waals surface area contributed by atoms with Gasteiger partial charge in [0.15, 0.2) is 0 Å². The first-order valence-corrected chi connectivity index (χ1v) is 24.6. The van der Waals surface area contributed by atoms with Gasteiger partial charge < -0.3 is 68.2 Å². The smallest absolute Gasteiger partial charge is 0.351 e. The van der Waals surface area contributed by atoms with Gasteiger partial charge in [0.2, 0.25) is 0 Å². The summed E-state index contributed by atoms with van der Waals surface area (Å²) in [6.07, 6.45) is -6.23. The Morgan fingerprint density at radius 2 is 0.789 bits per heavy atom. The summed E-state index contributed by atoms with van der Waals surface area (Å²) >= 11 is 16.0. The van der Waals surface area contributed by atoms with Gasteiger partial charge >= 0.3 is 17.1 Å². The van der Waals surface area contributed by atoms with Gasteiger partial charge in [-0.25, -0.2) is 29.1 Å². The number of rotatable bonds is 3. The summed E-state index contributed by atoms with van der Waals surface area (Å²) in [6, 6.07) is 4.12. The van der Waals surface area contributed by atoms with Crippen LogP contribution in [-0.4, -0.2) is 99.8 Å². The van der Waals surface area contributed by atoms with Gasteiger partial charge in [0.25, 0.3) is 21.4 Å². The van der Waals surface area contributed by atoms with Crippen LogP contribution in [0.15, 0.2) is 51.2 Å². The molecule has 0 aromatic carbocycles. The van der Waals surface area contributed by atoms with Gasteiger partial charge in [-0.05, 0) is 18.2 Å². The normalized spacial score (nSPS) is 38.1. The number of hydrogen-bond acceptors (Lipinski definition) is 24. The second kappa shape index (κ2) is 17.1. The average molecular weight is 916 g/mol. The summed E-state index contributed by atoms with van der Waals surface area (Å²) in [5, 5.41) is 0. The molecule has 3 aromatic heterocycles. The Morgan fingerprint density at radius 1 is 0.526 bits per heavy atom.